The van der Waals surface area contributed by atoms with Crippen LogP contribution in [-0.4, -0.2) is 60.8 Å². The first kappa shape index (κ1) is 20.9. The highest BCUT2D eigenvalue weighted by atomic mass is 16.2. The third kappa shape index (κ3) is 4.41. The summed E-state index contributed by atoms with van der Waals surface area (Å²) in [6, 6.07) is 4.66. The first-order valence-electron chi connectivity index (χ1n) is 10.5. The van der Waals surface area contributed by atoms with Crippen LogP contribution in [0.4, 0.5) is 0 Å². The molecule has 1 fully saturated rings. The Morgan fingerprint density at radius 2 is 2.23 bits per heavy atom. The van der Waals surface area contributed by atoms with Crippen LogP contribution in [0.3, 0.4) is 0 Å². The van der Waals surface area contributed by atoms with Crippen molar-refractivity contribution in [2.75, 3.05) is 6.54 Å². The van der Waals surface area contributed by atoms with Crippen molar-refractivity contribution in [3.05, 3.63) is 35.8 Å². The van der Waals surface area contributed by atoms with Crippen molar-refractivity contribution in [2.45, 2.75) is 50.1 Å². The molecule has 1 unspecified atom stereocenters. The molecule has 11 heteroatoms. The smallest absolute Gasteiger partial charge is 0.252 e. The molecule has 0 spiro atoms. The number of benzene rings is 1. The molecular weight excluding hydrogens is 398 g/mol. The van der Waals surface area contributed by atoms with Gasteiger partial charge >= 0.3 is 0 Å². The number of carbonyl (C=O) groups is 2. The number of tetrazole rings is 1. The van der Waals surface area contributed by atoms with Gasteiger partial charge in [-0.1, -0.05) is 17.7 Å². The van der Waals surface area contributed by atoms with E-state index in [0.717, 1.165) is 30.2 Å². The number of aryl methyl sites for hydroxylation is 1. The van der Waals surface area contributed by atoms with E-state index in [9.17, 15) is 9.59 Å². The Kier molecular flexibility index (Phi) is 6.21. The van der Waals surface area contributed by atoms with Gasteiger partial charge in [0.25, 0.3) is 5.91 Å². The lowest BCUT2D eigenvalue weighted by Gasteiger charge is -2.23. The second-order valence-corrected chi connectivity index (χ2v) is 7.89. The van der Waals surface area contributed by atoms with Gasteiger partial charge < -0.3 is 16.4 Å². The number of fused-ring (bicyclic) bond motifs is 1. The topological polar surface area (TPSA) is 156 Å². The number of hydrogen-bond acceptors (Lipinski definition) is 7. The number of rotatable bonds is 8. The number of nitrogens with two attached hydrogens (primary N) is 1. The monoisotopic (exact) mass is 425 g/mol. The zero-order valence-corrected chi connectivity index (χ0v) is 17.4. The number of carbonyl (C=O) groups excluding carboxylic acids is 2. The number of H-pyrrole nitrogens is 1. The van der Waals surface area contributed by atoms with Crippen molar-refractivity contribution in [3.63, 3.8) is 0 Å². The van der Waals surface area contributed by atoms with Gasteiger partial charge in [0.15, 0.2) is 5.82 Å². The summed E-state index contributed by atoms with van der Waals surface area (Å²) < 4.78 is 1.71. The molecule has 2 amide bonds. The molecular formula is C20H27N9O2. The van der Waals surface area contributed by atoms with E-state index >= 15 is 0 Å². The van der Waals surface area contributed by atoms with Crippen LogP contribution in [0.2, 0.25) is 0 Å². The Balaban J connectivity index is 1.48. The van der Waals surface area contributed by atoms with Gasteiger partial charge in [0.2, 0.25) is 5.91 Å². The largest absolute Gasteiger partial charge is 0.351 e. The van der Waals surface area contributed by atoms with Gasteiger partial charge in [0.1, 0.15) is 6.04 Å². The molecule has 3 atom stereocenters. The summed E-state index contributed by atoms with van der Waals surface area (Å²) in [5.41, 5.74) is 7.00. The summed E-state index contributed by atoms with van der Waals surface area (Å²) in [5.74, 6) is 0.0868. The highest BCUT2D eigenvalue weighted by Gasteiger charge is 2.34. The molecule has 1 aromatic carbocycles. The average molecular weight is 425 g/mol. The van der Waals surface area contributed by atoms with E-state index < -0.39 is 6.04 Å². The molecule has 4 rings (SSSR count). The van der Waals surface area contributed by atoms with Gasteiger partial charge in [-0.05, 0) is 44.4 Å². The minimum Gasteiger partial charge on any atom is -0.351 e. The van der Waals surface area contributed by atoms with Crippen LogP contribution in [0.15, 0.2) is 24.4 Å². The maximum atomic E-state index is 13.1. The number of aromatic nitrogens is 6. The van der Waals surface area contributed by atoms with Crippen LogP contribution in [0.1, 0.15) is 54.2 Å². The fraction of sp³-hybridized carbons (Fsp3) is 0.500. The Bertz CT molecular complexity index is 1050. The molecule has 31 heavy (non-hydrogen) atoms. The predicted octanol–water partition coefficient (Wildman–Crippen LogP) is 0.376. The fourth-order valence-electron chi connectivity index (χ4n) is 4.25. The highest BCUT2D eigenvalue weighted by molar-refractivity contribution is 6.07. The van der Waals surface area contributed by atoms with Crippen LogP contribution in [-0.2, 0) is 11.8 Å². The van der Waals surface area contributed by atoms with Crippen LogP contribution in [0, 0.1) is 0 Å². The maximum absolute atomic E-state index is 13.1. The first-order chi connectivity index (χ1) is 15.1. The first-order valence-corrected chi connectivity index (χ1v) is 10.5. The molecule has 1 saturated carbocycles. The molecule has 5 N–H and O–H groups in total. The number of nitrogens with zero attached hydrogens (tertiary/aromatic N) is 5. The average Bonchev–Trinajstić information content (AvgIpc) is 3.52. The molecule has 2 heterocycles. The summed E-state index contributed by atoms with van der Waals surface area (Å²) in [4.78, 5) is 26.1. The molecule has 0 saturated heterocycles. The molecule has 0 radical (unpaired) electrons. The van der Waals surface area contributed by atoms with E-state index in [1.807, 2.05) is 19.2 Å². The van der Waals surface area contributed by atoms with Crippen LogP contribution in [0.5, 0.6) is 0 Å². The van der Waals surface area contributed by atoms with E-state index in [1.54, 1.807) is 16.9 Å². The summed E-state index contributed by atoms with van der Waals surface area (Å²) in [7, 11) is 1.82. The van der Waals surface area contributed by atoms with E-state index in [0.29, 0.717) is 30.8 Å². The molecule has 0 bridgehead atoms. The van der Waals surface area contributed by atoms with Crippen molar-refractivity contribution >= 4 is 22.7 Å². The molecule has 0 aliphatic heterocycles. The number of aromatic amines is 1. The van der Waals surface area contributed by atoms with Gasteiger partial charge in [-0.3, -0.25) is 14.3 Å². The van der Waals surface area contributed by atoms with Crippen LogP contribution < -0.4 is 16.4 Å². The van der Waals surface area contributed by atoms with E-state index in [-0.39, 0.29) is 23.8 Å². The predicted molar refractivity (Wildman–Crippen MR) is 113 cm³/mol. The molecule has 3 aromatic rings. The third-order valence-electron chi connectivity index (χ3n) is 5.89. The molecule has 2 aromatic heterocycles. The maximum Gasteiger partial charge on any atom is 0.252 e. The van der Waals surface area contributed by atoms with Crippen molar-refractivity contribution in [2.24, 2.45) is 12.8 Å². The summed E-state index contributed by atoms with van der Waals surface area (Å²) in [5, 5.41) is 25.2. The minimum atomic E-state index is -0.686. The summed E-state index contributed by atoms with van der Waals surface area (Å²) in [6.07, 6.45) is 5.41. The normalized spacial score (nSPS) is 19.4. The lowest BCUT2D eigenvalue weighted by molar-refractivity contribution is -0.123. The fourth-order valence-corrected chi connectivity index (χ4v) is 4.25. The number of hydrogen-bond donors (Lipinski definition) is 4. The Morgan fingerprint density at radius 3 is 3.00 bits per heavy atom. The van der Waals surface area contributed by atoms with Gasteiger partial charge in [0, 0.05) is 24.4 Å². The van der Waals surface area contributed by atoms with Gasteiger partial charge in [0.05, 0.1) is 17.3 Å². The van der Waals surface area contributed by atoms with E-state index in [2.05, 4.69) is 36.4 Å². The minimum absolute atomic E-state index is 0.0118. The zero-order chi connectivity index (χ0) is 21.8. The second-order valence-electron chi connectivity index (χ2n) is 7.89. The Hall–Kier alpha value is -3.34. The van der Waals surface area contributed by atoms with Gasteiger partial charge in [-0.2, -0.15) is 10.3 Å². The molecule has 1 aliphatic rings. The number of amides is 2. The Labute approximate surface area is 179 Å². The van der Waals surface area contributed by atoms with Gasteiger partial charge in [-0.25, -0.2) is 0 Å². The van der Waals surface area contributed by atoms with Crippen LogP contribution in [0.25, 0.3) is 10.9 Å². The summed E-state index contributed by atoms with van der Waals surface area (Å²) >= 11 is 0. The van der Waals surface area contributed by atoms with Gasteiger partial charge in [-0.15, -0.1) is 10.2 Å². The zero-order valence-electron chi connectivity index (χ0n) is 17.4. The van der Waals surface area contributed by atoms with Crippen molar-refractivity contribution < 1.29 is 9.59 Å². The Morgan fingerprint density at radius 1 is 1.35 bits per heavy atom. The quantitative estimate of drug-likeness (QED) is 0.406. The standard InChI is InChI=1S/C20H27N9O2/c1-29-17-9-3-5-12(14(17)11-22-29)19(30)24-16(8-4-10-21)20(31)23-15-7-2-6-13(15)18-25-27-28-26-18/h3,5,9,11,13,15-16H,2,4,6-8,10,21H2,1H3,(H,23,31)(H,24,30)(H,25,26,27,28)/t13-,15?,16+/m1/s1. The summed E-state index contributed by atoms with van der Waals surface area (Å²) in [6.45, 7) is 0.437. The lowest BCUT2D eigenvalue weighted by atomic mass is 10.0. The third-order valence-corrected chi connectivity index (χ3v) is 5.89. The second kappa shape index (κ2) is 9.21. The van der Waals surface area contributed by atoms with Crippen molar-refractivity contribution in [3.8, 4) is 0 Å². The van der Waals surface area contributed by atoms with E-state index in [4.69, 9.17) is 5.73 Å². The van der Waals surface area contributed by atoms with E-state index in [1.165, 1.54) is 0 Å². The highest BCUT2D eigenvalue weighted by Crippen LogP contribution is 2.32. The molecule has 1 aliphatic carbocycles. The molecule has 164 valence electrons. The van der Waals surface area contributed by atoms with Crippen molar-refractivity contribution in [1.82, 2.24) is 41.0 Å². The molecule has 11 nitrogen and oxygen atoms in total. The SMILES string of the molecule is Cn1ncc2c(C(=O)N[C@@H](CCCN)C(=O)NC3CCC[C@H]3c3nn[nH]n3)cccc21. The number of nitrogens with one attached hydrogen (secondary N) is 3. The lowest BCUT2D eigenvalue weighted by Crippen LogP contribution is -2.50. The van der Waals surface area contributed by atoms with Crippen LogP contribution >= 0.6 is 0 Å². The van der Waals surface area contributed by atoms with Crippen molar-refractivity contribution in [1.29, 1.82) is 0 Å².